The van der Waals surface area contributed by atoms with Gasteiger partial charge < -0.3 is 19.3 Å². The first kappa shape index (κ1) is 22.0. The summed E-state index contributed by atoms with van der Waals surface area (Å²) in [6.07, 6.45) is 0.718. The van der Waals surface area contributed by atoms with Gasteiger partial charge in [0.05, 0.1) is 45.8 Å². The molecule has 1 aromatic carbocycles. The molecule has 1 aliphatic rings. The highest BCUT2D eigenvalue weighted by atomic mass is 32.1. The van der Waals surface area contributed by atoms with E-state index in [2.05, 4.69) is 0 Å². The lowest BCUT2D eigenvalue weighted by molar-refractivity contribution is -0.858. The number of ketones is 2. The Morgan fingerprint density at radius 1 is 1.17 bits per heavy atom. The second-order valence-corrected chi connectivity index (χ2v) is 8.49. The third-order valence-corrected chi connectivity index (χ3v) is 6.17. The second-order valence-electron chi connectivity index (χ2n) is 7.55. The Morgan fingerprint density at radius 2 is 1.93 bits per heavy atom. The zero-order valence-corrected chi connectivity index (χ0v) is 18.5. The number of carbonyl (C=O) groups is 3. The molecular formula is C22H27N2O5S+. The maximum atomic E-state index is 13.2. The average molecular weight is 432 g/mol. The molecule has 30 heavy (non-hydrogen) atoms. The number of quaternary nitrogens is 1. The molecule has 2 unspecified atom stereocenters. The topological polar surface area (TPSA) is 77.4 Å². The molecule has 0 radical (unpaired) electrons. The summed E-state index contributed by atoms with van der Waals surface area (Å²) in [6.45, 7) is 1.23. The van der Waals surface area contributed by atoms with Crippen LogP contribution in [0.4, 0.5) is 0 Å². The van der Waals surface area contributed by atoms with E-state index < -0.39 is 23.7 Å². The summed E-state index contributed by atoms with van der Waals surface area (Å²) in [4.78, 5) is 42.4. The highest BCUT2D eigenvalue weighted by molar-refractivity contribution is 7.12. The normalized spacial score (nSPS) is 18.9. The maximum Gasteiger partial charge on any atom is 0.291 e. The van der Waals surface area contributed by atoms with Crippen LogP contribution in [0.1, 0.15) is 27.7 Å². The number of ether oxygens (including phenoxy) is 2. The van der Waals surface area contributed by atoms with Gasteiger partial charge in [-0.2, -0.15) is 0 Å². The van der Waals surface area contributed by atoms with Crippen LogP contribution in [0.15, 0.2) is 35.7 Å². The number of methoxy groups -OCH3 is 2. The third-order valence-electron chi connectivity index (χ3n) is 5.29. The minimum absolute atomic E-state index is 0.327. The summed E-state index contributed by atoms with van der Waals surface area (Å²) in [5, 5.41) is 1.79. The summed E-state index contributed by atoms with van der Waals surface area (Å²) >= 11 is 1.27. The van der Waals surface area contributed by atoms with E-state index in [-0.39, 0.29) is 5.78 Å². The van der Waals surface area contributed by atoms with Gasteiger partial charge >= 0.3 is 0 Å². The minimum atomic E-state index is -1.09. The number of Topliss-reactive ketones (excluding diaryl/α,β-unsaturated/α-hetero) is 2. The Kier molecular flexibility index (Phi) is 6.89. The molecule has 1 fully saturated rings. The van der Waals surface area contributed by atoms with Crippen molar-refractivity contribution in [2.45, 2.75) is 12.5 Å². The highest BCUT2D eigenvalue weighted by Crippen LogP contribution is 2.43. The fourth-order valence-electron chi connectivity index (χ4n) is 3.81. The van der Waals surface area contributed by atoms with Gasteiger partial charge in [0.25, 0.3) is 5.91 Å². The van der Waals surface area contributed by atoms with E-state index in [1.165, 1.54) is 28.2 Å². The molecule has 1 aliphatic heterocycles. The standard InChI is InChI=1S/C22H26N2O5S/c1-23(2)10-6-11-24-19(15-9-8-14(28-3)13-16(15)29-4)18(21(26)22(24)27)20(25)17-7-5-12-30-17/h5,7-9,12-13,18-19H,6,10-11H2,1-4H3/p+1. The summed E-state index contributed by atoms with van der Waals surface area (Å²) in [5.41, 5.74) is 0.629. The minimum Gasteiger partial charge on any atom is -0.497 e. The Labute approximate surface area is 180 Å². The van der Waals surface area contributed by atoms with Gasteiger partial charge in [-0.3, -0.25) is 14.4 Å². The van der Waals surface area contributed by atoms with Crippen LogP contribution in [0.3, 0.4) is 0 Å². The predicted molar refractivity (Wildman–Crippen MR) is 113 cm³/mol. The first-order chi connectivity index (χ1) is 14.4. The van der Waals surface area contributed by atoms with Crippen molar-refractivity contribution < 1.29 is 28.8 Å². The summed E-state index contributed by atoms with van der Waals surface area (Å²) < 4.78 is 10.8. The van der Waals surface area contributed by atoms with Gasteiger partial charge in [-0.15, -0.1) is 11.3 Å². The molecule has 2 aromatic rings. The lowest BCUT2D eigenvalue weighted by atomic mass is 9.88. The quantitative estimate of drug-likeness (QED) is 0.367. The first-order valence-corrected chi connectivity index (χ1v) is 10.7. The fourth-order valence-corrected chi connectivity index (χ4v) is 4.52. The van der Waals surface area contributed by atoms with Crippen molar-refractivity contribution in [2.24, 2.45) is 5.92 Å². The van der Waals surface area contributed by atoms with Crippen LogP contribution in [0, 0.1) is 5.92 Å². The number of nitrogens with zero attached hydrogens (tertiary/aromatic N) is 1. The second kappa shape index (κ2) is 9.40. The smallest absolute Gasteiger partial charge is 0.291 e. The lowest BCUT2D eigenvalue weighted by Crippen LogP contribution is -3.05. The van der Waals surface area contributed by atoms with Crippen molar-refractivity contribution in [2.75, 3.05) is 41.4 Å². The molecule has 0 spiro atoms. The number of likely N-dealkylation sites (tertiary alicyclic amines) is 1. The SMILES string of the molecule is COc1ccc(C2C(C(=O)c3cccs3)C(=O)C(=O)N2CCC[NH+](C)C)c(OC)c1. The van der Waals surface area contributed by atoms with Gasteiger partial charge in [0.1, 0.15) is 17.4 Å². The number of nitrogens with one attached hydrogen (secondary N) is 1. The van der Waals surface area contributed by atoms with Crippen LogP contribution in [0.2, 0.25) is 0 Å². The van der Waals surface area contributed by atoms with Gasteiger partial charge in [0.2, 0.25) is 5.78 Å². The van der Waals surface area contributed by atoms with Crippen molar-refractivity contribution in [1.29, 1.82) is 0 Å². The van der Waals surface area contributed by atoms with Gasteiger partial charge in [0.15, 0.2) is 5.78 Å². The third kappa shape index (κ3) is 4.24. The molecule has 1 N–H and O–H groups in total. The largest absolute Gasteiger partial charge is 0.497 e. The van der Waals surface area contributed by atoms with Crippen LogP contribution in [0.25, 0.3) is 0 Å². The molecule has 1 aromatic heterocycles. The summed E-state index contributed by atoms with van der Waals surface area (Å²) in [6, 6.07) is 7.97. The Bertz CT molecular complexity index is 926. The van der Waals surface area contributed by atoms with Crippen LogP contribution < -0.4 is 14.4 Å². The molecule has 0 aliphatic carbocycles. The van der Waals surface area contributed by atoms with E-state index >= 15 is 0 Å². The monoisotopic (exact) mass is 431 g/mol. The number of benzene rings is 1. The Hall–Kier alpha value is -2.71. The van der Waals surface area contributed by atoms with Crippen LogP contribution >= 0.6 is 11.3 Å². The van der Waals surface area contributed by atoms with E-state index in [0.29, 0.717) is 28.5 Å². The van der Waals surface area contributed by atoms with E-state index in [9.17, 15) is 14.4 Å². The van der Waals surface area contributed by atoms with E-state index in [0.717, 1.165) is 13.0 Å². The highest BCUT2D eigenvalue weighted by Gasteiger charge is 2.52. The molecule has 2 heterocycles. The van der Waals surface area contributed by atoms with E-state index in [4.69, 9.17) is 9.47 Å². The number of hydrogen-bond donors (Lipinski definition) is 1. The summed E-state index contributed by atoms with van der Waals surface area (Å²) in [7, 11) is 7.14. The van der Waals surface area contributed by atoms with Crippen LogP contribution in [-0.4, -0.2) is 63.8 Å². The molecule has 3 rings (SSSR count). The van der Waals surface area contributed by atoms with Gasteiger partial charge in [-0.1, -0.05) is 6.07 Å². The summed E-state index contributed by atoms with van der Waals surface area (Å²) in [5.74, 6) is -1.61. The zero-order valence-electron chi connectivity index (χ0n) is 17.6. The molecule has 0 saturated carbocycles. The molecule has 1 amide bonds. The fraction of sp³-hybridized carbons (Fsp3) is 0.409. The zero-order chi connectivity index (χ0) is 21.8. The van der Waals surface area contributed by atoms with Crippen LogP contribution in [-0.2, 0) is 9.59 Å². The number of amides is 1. The number of carbonyl (C=O) groups excluding carboxylic acids is 3. The van der Waals surface area contributed by atoms with E-state index in [1.54, 1.807) is 42.8 Å². The predicted octanol–water partition coefficient (Wildman–Crippen LogP) is 1.25. The number of hydrogen-bond acceptors (Lipinski definition) is 6. The van der Waals surface area contributed by atoms with Crippen molar-refractivity contribution >= 4 is 28.8 Å². The van der Waals surface area contributed by atoms with Gasteiger partial charge in [-0.05, 0) is 23.6 Å². The lowest BCUT2D eigenvalue weighted by Gasteiger charge is -2.28. The Balaban J connectivity index is 2.06. The van der Waals surface area contributed by atoms with Crippen molar-refractivity contribution in [3.8, 4) is 11.5 Å². The molecular weight excluding hydrogens is 404 g/mol. The van der Waals surface area contributed by atoms with Gasteiger partial charge in [0, 0.05) is 24.6 Å². The van der Waals surface area contributed by atoms with Crippen LogP contribution in [0.5, 0.6) is 11.5 Å². The molecule has 7 nitrogen and oxygen atoms in total. The first-order valence-electron chi connectivity index (χ1n) is 9.82. The number of rotatable bonds is 9. The molecule has 2 atom stereocenters. The molecule has 160 valence electrons. The maximum absolute atomic E-state index is 13.2. The molecule has 8 heteroatoms. The van der Waals surface area contributed by atoms with E-state index in [1.807, 2.05) is 14.1 Å². The molecule has 1 saturated heterocycles. The molecule has 0 bridgehead atoms. The van der Waals surface area contributed by atoms with Crippen molar-refractivity contribution in [3.63, 3.8) is 0 Å². The average Bonchev–Trinajstić information content (AvgIpc) is 3.35. The Morgan fingerprint density at radius 3 is 2.53 bits per heavy atom. The van der Waals surface area contributed by atoms with Crippen molar-refractivity contribution in [3.05, 3.63) is 46.2 Å². The number of thiophene rings is 1. The van der Waals surface area contributed by atoms with Gasteiger partial charge in [-0.25, -0.2) is 0 Å². The van der Waals surface area contributed by atoms with Crippen molar-refractivity contribution in [1.82, 2.24) is 4.90 Å².